The summed E-state index contributed by atoms with van der Waals surface area (Å²) in [5, 5.41) is 11.9. The van der Waals surface area contributed by atoms with E-state index in [0.717, 1.165) is 25.8 Å². The molecular formula is C14H26N2O3. The van der Waals surface area contributed by atoms with Gasteiger partial charge in [-0.3, -0.25) is 4.79 Å². The van der Waals surface area contributed by atoms with E-state index in [1.54, 1.807) is 0 Å². The molecule has 2 N–H and O–H groups in total. The fourth-order valence-electron chi connectivity index (χ4n) is 2.68. The summed E-state index contributed by atoms with van der Waals surface area (Å²) in [7, 11) is 0. The van der Waals surface area contributed by atoms with Crippen LogP contribution in [-0.2, 0) is 4.79 Å². The lowest BCUT2D eigenvalue weighted by Gasteiger charge is -2.25. The molecule has 0 radical (unpaired) electrons. The molecule has 1 aliphatic rings. The highest BCUT2D eigenvalue weighted by atomic mass is 16.4. The van der Waals surface area contributed by atoms with Crippen LogP contribution in [0.2, 0.25) is 0 Å². The number of urea groups is 1. The van der Waals surface area contributed by atoms with Crippen molar-refractivity contribution in [2.45, 2.75) is 52.5 Å². The first-order valence-electron chi connectivity index (χ1n) is 7.23. The number of aliphatic carboxylic acids is 1. The van der Waals surface area contributed by atoms with E-state index < -0.39 is 11.9 Å². The van der Waals surface area contributed by atoms with Crippen LogP contribution < -0.4 is 5.32 Å². The second-order valence-corrected chi connectivity index (χ2v) is 5.75. The fraction of sp³-hybridized carbons (Fsp3) is 0.857. The molecule has 1 saturated heterocycles. The lowest BCUT2D eigenvalue weighted by atomic mass is 9.97. The van der Waals surface area contributed by atoms with Crippen molar-refractivity contribution >= 4 is 12.0 Å². The van der Waals surface area contributed by atoms with E-state index in [4.69, 9.17) is 5.11 Å². The van der Waals surface area contributed by atoms with E-state index in [9.17, 15) is 9.59 Å². The minimum Gasteiger partial charge on any atom is -0.481 e. The Bertz CT molecular complexity index is 318. The molecule has 0 aromatic rings. The average molecular weight is 270 g/mol. The number of carbonyl (C=O) groups is 2. The lowest BCUT2D eigenvalue weighted by molar-refractivity contribution is -0.142. The van der Waals surface area contributed by atoms with E-state index in [0.29, 0.717) is 18.4 Å². The molecule has 0 spiro atoms. The first-order chi connectivity index (χ1) is 8.95. The Balaban J connectivity index is 2.45. The number of carboxylic acids is 1. The number of carboxylic acid groups (broad SMARTS) is 1. The number of nitrogens with zero attached hydrogens (tertiary/aromatic N) is 1. The predicted molar refractivity (Wildman–Crippen MR) is 74.0 cm³/mol. The van der Waals surface area contributed by atoms with Crippen LogP contribution in [-0.4, -0.2) is 41.1 Å². The maximum Gasteiger partial charge on any atom is 0.317 e. The second-order valence-electron chi connectivity index (χ2n) is 5.75. The number of carbonyl (C=O) groups excluding carboxylic acids is 1. The molecule has 0 aromatic carbocycles. The quantitative estimate of drug-likeness (QED) is 0.778. The van der Waals surface area contributed by atoms with E-state index in [-0.39, 0.29) is 12.6 Å². The van der Waals surface area contributed by atoms with Crippen molar-refractivity contribution in [2.75, 3.05) is 13.1 Å². The molecule has 1 rings (SSSR count). The Morgan fingerprint density at radius 1 is 1.42 bits per heavy atom. The van der Waals surface area contributed by atoms with Gasteiger partial charge in [-0.2, -0.15) is 0 Å². The van der Waals surface area contributed by atoms with Gasteiger partial charge in [0.1, 0.15) is 0 Å². The molecule has 5 nitrogen and oxygen atoms in total. The number of amides is 2. The Hall–Kier alpha value is -1.26. The van der Waals surface area contributed by atoms with Gasteiger partial charge in [-0.05, 0) is 31.6 Å². The van der Waals surface area contributed by atoms with Crippen molar-refractivity contribution in [1.82, 2.24) is 10.2 Å². The average Bonchev–Trinajstić information content (AvgIpc) is 2.81. The van der Waals surface area contributed by atoms with Crippen molar-refractivity contribution in [3.63, 3.8) is 0 Å². The van der Waals surface area contributed by atoms with Crippen LogP contribution in [0.4, 0.5) is 4.79 Å². The van der Waals surface area contributed by atoms with Gasteiger partial charge in [0, 0.05) is 19.1 Å². The van der Waals surface area contributed by atoms with Crippen molar-refractivity contribution in [1.29, 1.82) is 0 Å². The molecule has 1 fully saturated rings. The van der Waals surface area contributed by atoms with Crippen LogP contribution in [0.5, 0.6) is 0 Å². The molecule has 2 unspecified atom stereocenters. The number of hydrogen-bond donors (Lipinski definition) is 2. The maximum atomic E-state index is 12.0. The normalized spacial score (nSPS) is 20.6. The summed E-state index contributed by atoms with van der Waals surface area (Å²) in [4.78, 5) is 25.0. The predicted octanol–water partition coefficient (Wildman–Crippen LogP) is 2.32. The molecule has 0 saturated carbocycles. The van der Waals surface area contributed by atoms with Gasteiger partial charge in [0.2, 0.25) is 0 Å². The summed E-state index contributed by atoms with van der Waals surface area (Å²) in [5.41, 5.74) is 0. The molecule has 0 bridgehead atoms. The van der Waals surface area contributed by atoms with Crippen molar-refractivity contribution in [3.8, 4) is 0 Å². The number of hydrogen-bond acceptors (Lipinski definition) is 2. The molecular weight excluding hydrogens is 244 g/mol. The molecule has 1 aliphatic heterocycles. The number of rotatable bonds is 6. The molecule has 110 valence electrons. The van der Waals surface area contributed by atoms with Gasteiger partial charge in [-0.15, -0.1) is 0 Å². The zero-order valence-electron chi connectivity index (χ0n) is 12.2. The van der Waals surface area contributed by atoms with Crippen molar-refractivity contribution in [2.24, 2.45) is 11.8 Å². The monoisotopic (exact) mass is 270 g/mol. The maximum absolute atomic E-state index is 12.0. The fourth-order valence-corrected chi connectivity index (χ4v) is 2.68. The molecule has 19 heavy (non-hydrogen) atoms. The standard InChI is InChI=1S/C14H26N2O3/c1-4-12-6-5-7-16(12)14(19)15-9-11(13(17)18)8-10(2)3/h10-12H,4-9H2,1-3H3,(H,15,19)(H,17,18). The highest BCUT2D eigenvalue weighted by Gasteiger charge is 2.28. The van der Waals surface area contributed by atoms with Gasteiger partial charge in [0.05, 0.1) is 5.92 Å². The summed E-state index contributed by atoms with van der Waals surface area (Å²) in [5.74, 6) is -1.01. The minimum absolute atomic E-state index is 0.112. The zero-order chi connectivity index (χ0) is 14.4. The Kier molecular flexibility index (Phi) is 6.12. The van der Waals surface area contributed by atoms with Crippen LogP contribution in [0.1, 0.15) is 46.5 Å². The first kappa shape index (κ1) is 15.8. The van der Waals surface area contributed by atoms with Gasteiger partial charge >= 0.3 is 12.0 Å². The van der Waals surface area contributed by atoms with E-state index in [1.807, 2.05) is 18.7 Å². The number of nitrogens with one attached hydrogen (secondary N) is 1. The number of likely N-dealkylation sites (tertiary alicyclic amines) is 1. The third kappa shape index (κ3) is 4.73. The zero-order valence-corrected chi connectivity index (χ0v) is 12.2. The van der Waals surface area contributed by atoms with Gasteiger partial charge in [0.25, 0.3) is 0 Å². The Morgan fingerprint density at radius 2 is 2.11 bits per heavy atom. The highest BCUT2D eigenvalue weighted by molar-refractivity contribution is 5.76. The summed E-state index contributed by atoms with van der Waals surface area (Å²) in [6.07, 6.45) is 3.65. The van der Waals surface area contributed by atoms with Gasteiger partial charge in [0.15, 0.2) is 0 Å². The Morgan fingerprint density at radius 3 is 2.63 bits per heavy atom. The molecule has 0 aromatic heterocycles. The summed E-state index contributed by atoms with van der Waals surface area (Å²) < 4.78 is 0. The van der Waals surface area contributed by atoms with E-state index in [2.05, 4.69) is 12.2 Å². The van der Waals surface area contributed by atoms with E-state index >= 15 is 0 Å². The smallest absolute Gasteiger partial charge is 0.317 e. The van der Waals surface area contributed by atoms with Crippen LogP contribution in [0.15, 0.2) is 0 Å². The highest BCUT2D eigenvalue weighted by Crippen LogP contribution is 2.19. The molecule has 2 atom stereocenters. The lowest BCUT2D eigenvalue weighted by Crippen LogP contribution is -2.45. The third-order valence-corrected chi connectivity index (χ3v) is 3.71. The summed E-state index contributed by atoms with van der Waals surface area (Å²) in [6.45, 7) is 7.07. The van der Waals surface area contributed by atoms with Crippen LogP contribution in [0, 0.1) is 11.8 Å². The van der Waals surface area contributed by atoms with Crippen molar-refractivity contribution < 1.29 is 14.7 Å². The second kappa shape index (κ2) is 7.36. The third-order valence-electron chi connectivity index (χ3n) is 3.71. The minimum atomic E-state index is -0.831. The van der Waals surface area contributed by atoms with Gasteiger partial charge in [-0.25, -0.2) is 4.79 Å². The SMILES string of the molecule is CCC1CCCN1C(=O)NCC(CC(C)C)C(=O)O. The summed E-state index contributed by atoms with van der Waals surface area (Å²) >= 11 is 0. The molecule has 5 heteroatoms. The van der Waals surface area contributed by atoms with Crippen LogP contribution in [0.25, 0.3) is 0 Å². The van der Waals surface area contributed by atoms with Crippen LogP contribution >= 0.6 is 0 Å². The van der Waals surface area contributed by atoms with Crippen molar-refractivity contribution in [3.05, 3.63) is 0 Å². The van der Waals surface area contributed by atoms with E-state index in [1.165, 1.54) is 0 Å². The van der Waals surface area contributed by atoms with Gasteiger partial charge in [-0.1, -0.05) is 20.8 Å². The first-order valence-corrected chi connectivity index (χ1v) is 7.23. The topological polar surface area (TPSA) is 69.6 Å². The summed E-state index contributed by atoms with van der Waals surface area (Å²) in [6, 6.07) is 0.202. The Labute approximate surface area is 115 Å². The van der Waals surface area contributed by atoms with Crippen LogP contribution in [0.3, 0.4) is 0 Å². The molecule has 1 heterocycles. The van der Waals surface area contributed by atoms with Gasteiger partial charge < -0.3 is 15.3 Å². The molecule has 2 amide bonds. The largest absolute Gasteiger partial charge is 0.481 e. The molecule has 0 aliphatic carbocycles.